The Morgan fingerprint density at radius 3 is 1.72 bits per heavy atom. The molecule has 0 spiro atoms. The van der Waals surface area contributed by atoms with Crippen LogP contribution in [0.5, 0.6) is 0 Å². The van der Waals surface area contributed by atoms with Gasteiger partial charge in [0.2, 0.25) is 9.84 Å². The third kappa shape index (κ3) is 3.70. The van der Waals surface area contributed by atoms with Crippen LogP contribution in [0.1, 0.15) is 47.0 Å². The van der Waals surface area contributed by atoms with Crippen LogP contribution in [0, 0.1) is 6.92 Å². The number of rotatable bonds is 4. The molecule has 2 aliphatic heterocycles. The third-order valence-corrected chi connectivity index (χ3v) is 8.74. The molecule has 4 aromatic carbocycles. The van der Waals surface area contributed by atoms with Crippen LogP contribution in [0.4, 0.5) is 5.69 Å². The van der Waals surface area contributed by atoms with Crippen LogP contribution in [0.3, 0.4) is 0 Å². The molecule has 0 saturated carbocycles. The highest BCUT2D eigenvalue weighted by atomic mass is 32.2. The maximum absolute atomic E-state index is 13.4. The number of hydrogen-bond donors (Lipinski definition) is 0. The second-order valence-electron chi connectivity index (χ2n) is 9.45. The second kappa shape index (κ2) is 8.57. The number of benzene rings is 4. The number of hydrogen-bond acceptors (Lipinski definition) is 6. The number of aryl methyl sites for hydroxylation is 1. The summed E-state index contributed by atoms with van der Waals surface area (Å²) in [5.41, 5.74) is 3.05. The van der Waals surface area contributed by atoms with Gasteiger partial charge in [0, 0.05) is 7.05 Å². The molecular formula is C30H20N2O6S. The molecule has 0 bridgehead atoms. The highest BCUT2D eigenvalue weighted by molar-refractivity contribution is 7.91. The van der Waals surface area contributed by atoms with Gasteiger partial charge in [0.15, 0.2) is 0 Å². The molecule has 8 nitrogen and oxygen atoms in total. The molecule has 192 valence electrons. The molecule has 0 atom stereocenters. The lowest BCUT2D eigenvalue weighted by atomic mass is 9.97. The standard InChI is InChI=1S/C30H20N2O6S/c1-17-5-3-7-21(13-17)39(37,38)22-8-4-6-20(16-22)32-29(35)24-12-10-19(15-26(24)30(32)36)18-9-11-23-25(14-18)28(34)31(2)27(23)33/h3-16H,1-2H3. The number of nitrogens with zero attached hydrogens (tertiary/aromatic N) is 2. The van der Waals surface area contributed by atoms with Gasteiger partial charge in [-0.3, -0.25) is 24.1 Å². The van der Waals surface area contributed by atoms with Crippen molar-refractivity contribution in [3.05, 3.63) is 113 Å². The van der Waals surface area contributed by atoms with Gasteiger partial charge in [0.05, 0.1) is 37.7 Å². The summed E-state index contributed by atoms with van der Waals surface area (Å²) in [7, 11) is -2.46. The highest BCUT2D eigenvalue weighted by Crippen LogP contribution is 2.35. The molecule has 6 rings (SSSR count). The number of fused-ring (bicyclic) bond motifs is 2. The Balaban J connectivity index is 1.36. The molecule has 0 aromatic heterocycles. The predicted molar refractivity (Wildman–Crippen MR) is 143 cm³/mol. The molecule has 0 unspecified atom stereocenters. The Morgan fingerprint density at radius 1 is 0.564 bits per heavy atom. The zero-order valence-corrected chi connectivity index (χ0v) is 21.7. The van der Waals surface area contributed by atoms with Gasteiger partial charge in [0.25, 0.3) is 23.6 Å². The summed E-state index contributed by atoms with van der Waals surface area (Å²) in [4.78, 5) is 53.5. The van der Waals surface area contributed by atoms with E-state index in [0.717, 1.165) is 15.4 Å². The van der Waals surface area contributed by atoms with Crippen LogP contribution in [-0.2, 0) is 9.84 Å². The van der Waals surface area contributed by atoms with E-state index in [1.54, 1.807) is 55.5 Å². The van der Waals surface area contributed by atoms with Gasteiger partial charge in [-0.15, -0.1) is 0 Å². The number of sulfone groups is 1. The third-order valence-electron chi connectivity index (χ3n) is 7.00. The Labute approximate surface area is 224 Å². The van der Waals surface area contributed by atoms with Crippen molar-refractivity contribution in [3.63, 3.8) is 0 Å². The van der Waals surface area contributed by atoms with Crippen molar-refractivity contribution in [1.82, 2.24) is 4.90 Å². The Morgan fingerprint density at radius 2 is 1.08 bits per heavy atom. The van der Waals surface area contributed by atoms with Crippen molar-refractivity contribution in [1.29, 1.82) is 0 Å². The first-order valence-corrected chi connectivity index (χ1v) is 13.5. The summed E-state index contributed by atoms with van der Waals surface area (Å²) >= 11 is 0. The Kier molecular flexibility index (Phi) is 5.37. The fraction of sp³-hybridized carbons (Fsp3) is 0.0667. The maximum Gasteiger partial charge on any atom is 0.266 e. The quantitative estimate of drug-likeness (QED) is 0.355. The van der Waals surface area contributed by atoms with Crippen molar-refractivity contribution in [2.75, 3.05) is 11.9 Å². The smallest absolute Gasteiger partial charge is 0.266 e. The molecule has 0 saturated heterocycles. The molecule has 4 amide bonds. The van der Waals surface area contributed by atoms with Crippen LogP contribution in [0.2, 0.25) is 0 Å². The van der Waals surface area contributed by atoms with E-state index in [4.69, 9.17) is 0 Å². The lowest BCUT2D eigenvalue weighted by Crippen LogP contribution is -2.29. The SMILES string of the molecule is Cc1cccc(S(=O)(=O)c2cccc(N3C(=O)c4ccc(-c5ccc6c(c5)C(=O)N(C)C6=O)cc4C3=O)c2)c1. The van der Waals surface area contributed by atoms with Gasteiger partial charge in [-0.05, 0) is 78.2 Å². The minimum absolute atomic E-state index is 0.0369. The summed E-state index contributed by atoms with van der Waals surface area (Å²) in [6.45, 7) is 1.79. The van der Waals surface area contributed by atoms with E-state index >= 15 is 0 Å². The van der Waals surface area contributed by atoms with Crippen molar-refractivity contribution >= 4 is 39.2 Å². The number of carbonyl (C=O) groups is 4. The zero-order valence-electron chi connectivity index (χ0n) is 20.8. The van der Waals surface area contributed by atoms with Gasteiger partial charge in [0.1, 0.15) is 0 Å². The summed E-state index contributed by atoms with van der Waals surface area (Å²) < 4.78 is 26.5. The Bertz CT molecular complexity index is 1890. The largest absolute Gasteiger partial charge is 0.277 e. The van der Waals surface area contributed by atoms with Crippen LogP contribution in [-0.4, -0.2) is 44.0 Å². The molecular weight excluding hydrogens is 516 g/mol. The van der Waals surface area contributed by atoms with E-state index < -0.39 is 27.6 Å². The molecule has 2 heterocycles. The zero-order chi connectivity index (χ0) is 27.6. The molecule has 0 fully saturated rings. The number of anilines is 1. The molecule has 9 heteroatoms. The van der Waals surface area contributed by atoms with Gasteiger partial charge in [-0.25, -0.2) is 13.3 Å². The lowest BCUT2D eigenvalue weighted by molar-refractivity contribution is 0.0692. The van der Waals surface area contributed by atoms with Crippen molar-refractivity contribution in [3.8, 4) is 11.1 Å². The summed E-state index contributed by atoms with van der Waals surface area (Å²) in [6, 6.07) is 21.9. The fourth-order valence-corrected chi connectivity index (χ4v) is 6.31. The fourth-order valence-electron chi connectivity index (χ4n) is 4.90. The Hall–Kier alpha value is -4.89. The molecule has 39 heavy (non-hydrogen) atoms. The lowest BCUT2D eigenvalue weighted by Gasteiger charge is -2.15. The van der Waals surface area contributed by atoms with Gasteiger partial charge in [-0.2, -0.15) is 0 Å². The summed E-state index contributed by atoms with van der Waals surface area (Å²) in [5, 5.41) is 0. The summed E-state index contributed by atoms with van der Waals surface area (Å²) in [6.07, 6.45) is 0. The van der Waals surface area contributed by atoms with E-state index in [1.807, 2.05) is 0 Å². The van der Waals surface area contributed by atoms with Crippen molar-refractivity contribution in [2.24, 2.45) is 0 Å². The molecule has 4 aromatic rings. The highest BCUT2D eigenvalue weighted by Gasteiger charge is 2.38. The van der Waals surface area contributed by atoms with Crippen molar-refractivity contribution < 1.29 is 27.6 Å². The number of amides is 4. The molecule has 0 aliphatic carbocycles. The average Bonchev–Trinajstić information content (AvgIpc) is 3.32. The topological polar surface area (TPSA) is 109 Å². The van der Waals surface area contributed by atoms with E-state index in [-0.39, 0.29) is 38.1 Å². The van der Waals surface area contributed by atoms with Gasteiger partial charge < -0.3 is 0 Å². The maximum atomic E-state index is 13.4. The molecule has 2 aliphatic rings. The van der Waals surface area contributed by atoms with E-state index in [2.05, 4.69) is 0 Å². The molecule has 0 N–H and O–H groups in total. The predicted octanol–water partition coefficient (Wildman–Crippen LogP) is 4.52. The minimum Gasteiger partial charge on any atom is -0.277 e. The first-order chi connectivity index (χ1) is 18.6. The molecule has 0 radical (unpaired) electrons. The average molecular weight is 537 g/mol. The van der Waals surface area contributed by atoms with Crippen LogP contribution >= 0.6 is 0 Å². The number of imide groups is 2. The first kappa shape index (κ1) is 24.4. The van der Waals surface area contributed by atoms with Crippen molar-refractivity contribution in [2.45, 2.75) is 16.7 Å². The van der Waals surface area contributed by atoms with E-state index in [0.29, 0.717) is 16.7 Å². The van der Waals surface area contributed by atoms with Gasteiger partial charge >= 0.3 is 0 Å². The normalized spacial score (nSPS) is 14.7. The van der Waals surface area contributed by atoms with Crippen LogP contribution in [0.15, 0.2) is 94.7 Å². The first-order valence-electron chi connectivity index (χ1n) is 12.0. The summed E-state index contributed by atoms with van der Waals surface area (Å²) in [5.74, 6) is -1.94. The van der Waals surface area contributed by atoms with E-state index in [1.165, 1.54) is 43.4 Å². The van der Waals surface area contributed by atoms with Crippen LogP contribution in [0.25, 0.3) is 11.1 Å². The van der Waals surface area contributed by atoms with Gasteiger partial charge in [-0.1, -0.05) is 30.3 Å². The second-order valence-corrected chi connectivity index (χ2v) is 11.4. The minimum atomic E-state index is -3.88. The van der Waals surface area contributed by atoms with E-state index in [9.17, 15) is 27.6 Å². The monoisotopic (exact) mass is 536 g/mol. The number of carbonyl (C=O) groups excluding carboxylic acids is 4. The van der Waals surface area contributed by atoms with Crippen LogP contribution < -0.4 is 4.90 Å².